The number of aromatic nitrogens is 2. The molecule has 1 N–H and O–H groups in total. The molecule has 1 amide bonds. The van der Waals surface area contributed by atoms with Gasteiger partial charge in [0, 0.05) is 11.1 Å². The van der Waals surface area contributed by atoms with Gasteiger partial charge in [-0.05, 0) is 36.4 Å². The van der Waals surface area contributed by atoms with E-state index in [1.807, 2.05) is 24.3 Å². The summed E-state index contributed by atoms with van der Waals surface area (Å²) >= 11 is 5.94. The van der Waals surface area contributed by atoms with Crippen LogP contribution < -0.4 is 10.1 Å². The van der Waals surface area contributed by atoms with Crippen LogP contribution in [0.2, 0.25) is 5.02 Å². The Morgan fingerprint density at radius 3 is 2.79 bits per heavy atom. The van der Waals surface area contributed by atoms with Gasteiger partial charge >= 0.3 is 0 Å². The number of para-hydroxylation sites is 2. The number of halogens is 1. The summed E-state index contributed by atoms with van der Waals surface area (Å²) in [5.74, 6) is 0.220. The molecule has 6 heteroatoms. The average Bonchev–Trinajstić information content (AvgIpc) is 2.60. The van der Waals surface area contributed by atoms with Crippen molar-refractivity contribution in [3.63, 3.8) is 0 Å². The number of anilines is 1. The maximum atomic E-state index is 12.1. The van der Waals surface area contributed by atoms with Crippen LogP contribution in [0.1, 0.15) is 5.69 Å². The van der Waals surface area contributed by atoms with Crippen LogP contribution >= 0.6 is 11.6 Å². The van der Waals surface area contributed by atoms with E-state index in [0.29, 0.717) is 22.2 Å². The molecular formula is C18H14ClN3O2. The highest BCUT2D eigenvalue weighted by atomic mass is 35.5. The average molecular weight is 340 g/mol. The highest BCUT2D eigenvalue weighted by Crippen LogP contribution is 2.27. The number of ether oxygens (including phenoxy) is 1. The predicted molar refractivity (Wildman–Crippen MR) is 95.2 cm³/mol. The molecule has 0 aliphatic heterocycles. The monoisotopic (exact) mass is 339 g/mol. The van der Waals surface area contributed by atoms with Crippen molar-refractivity contribution in [3.05, 3.63) is 65.5 Å². The van der Waals surface area contributed by atoms with E-state index in [-0.39, 0.29) is 5.91 Å². The van der Waals surface area contributed by atoms with Crippen LogP contribution in [0.15, 0.2) is 54.7 Å². The normalized spacial score (nSPS) is 10.9. The highest BCUT2D eigenvalue weighted by molar-refractivity contribution is 6.31. The third-order valence-electron chi connectivity index (χ3n) is 3.29. The quantitative estimate of drug-likeness (QED) is 0.731. The minimum Gasteiger partial charge on any atom is -0.495 e. The topological polar surface area (TPSA) is 64.1 Å². The second-order valence-corrected chi connectivity index (χ2v) is 5.39. The van der Waals surface area contributed by atoms with Crippen LogP contribution in [0, 0.1) is 0 Å². The Morgan fingerprint density at radius 1 is 1.21 bits per heavy atom. The second kappa shape index (κ2) is 7.10. The van der Waals surface area contributed by atoms with Crippen molar-refractivity contribution in [1.82, 2.24) is 9.97 Å². The van der Waals surface area contributed by atoms with E-state index in [1.54, 1.807) is 30.5 Å². The van der Waals surface area contributed by atoms with Gasteiger partial charge in [0.1, 0.15) is 5.75 Å². The largest absolute Gasteiger partial charge is 0.495 e. The van der Waals surface area contributed by atoms with Crippen molar-refractivity contribution in [2.45, 2.75) is 0 Å². The molecular weight excluding hydrogens is 326 g/mol. The van der Waals surface area contributed by atoms with Crippen LogP contribution in [0.25, 0.3) is 17.1 Å². The molecule has 3 rings (SSSR count). The predicted octanol–water partition coefficient (Wildman–Crippen LogP) is 3.94. The number of nitrogens with one attached hydrogen (secondary N) is 1. The minimum atomic E-state index is -0.314. The fraction of sp³-hybridized carbons (Fsp3) is 0.0556. The molecule has 0 bridgehead atoms. The number of amides is 1. The summed E-state index contributed by atoms with van der Waals surface area (Å²) in [6.07, 6.45) is 4.61. The van der Waals surface area contributed by atoms with Gasteiger partial charge in [-0.25, -0.2) is 4.98 Å². The van der Waals surface area contributed by atoms with Crippen LogP contribution in [0.4, 0.5) is 5.69 Å². The van der Waals surface area contributed by atoms with Crippen molar-refractivity contribution < 1.29 is 9.53 Å². The van der Waals surface area contributed by atoms with Gasteiger partial charge in [-0.15, -0.1) is 0 Å². The lowest BCUT2D eigenvalue weighted by Crippen LogP contribution is -2.09. The van der Waals surface area contributed by atoms with E-state index in [9.17, 15) is 4.79 Å². The second-order valence-electron chi connectivity index (χ2n) is 4.95. The molecule has 0 radical (unpaired) electrons. The molecule has 1 heterocycles. The van der Waals surface area contributed by atoms with Crippen molar-refractivity contribution in [2.75, 3.05) is 12.4 Å². The van der Waals surface area contributed by atoms with E-state index in [4.69, 9.17) is 16.3 Å². The summed E-state index contributed by atoms with van der Waals surface area (Å²) in [6.45, 7) is 0. The molecule has 0 spiro atoms. The van der Waals surface area contributed by atoms with E-state index in [1.165, 1.54) is 13.2 Å². The van der Waals surface area contributed by atoms with E-state index < -0.39 is 0 Å². The van der Waals surface area contributed by atoms with Gasteiger partial charge in [0.15, 0.2) is 0 Å². The minimum absolute atomic E-state index is 0.314. The van der Waals surface area contributed by atoms with Crippen molar-refractivity contribution in [2.24, 2.45) is 0 Å². The molecule has 0 fully saturated rings. The number of nitrogens with zero attached hydrogens (tertiary/aromatic N) is 2. The Labute approximate surface area is 144 Å². The summed E-state index contributed by atoms with van der Waals surface area (Å²) in [5, 5.41) is 3.24. The third-order valence-corrected chi connectivity index (χ3v) is 3.53. The number of benzene rings is 2. The van der Waals surface area contributed by atoms with Crippen molar-refractivity contribution in [3.8, 4) is 5.75 Å². The van der Waals surface area contributed by atoms with E-state index in [0.717, 1.165) is 11.0 Å². The summed E-state index contributed by atoms with van der Waals surface area (Å²) in [4.78, 5) is 20.8. The molecule has 1 aromatic heterocycles. The number of carbonyl (C=O) groups is 1. The summed E-state index contributed by atoms with van der Waals surface area (Å²) in [5.41, 5.74) is 2.69. The maximum Gasteiger partial charge on any atom is 0.248 e. The number of methoxy groups -OCH3 is 1. The van der Waals surface area contributed by atoms with Gasteiger partial charge in [0.05, 0.1) is 35.7 Å². The molecule has 0 unspecified atom stereocenters. The molecule has 0 saturated heterocycles. The van der Waals surface area contributed by atoms with Crippen LogP contribution in [0.3, 0.4) is 0 Å². The molecule has 2 aromatic carbocycles. The molecule has 5 nitrogen and oxygen atoms in total. The fourth-order valence-corrected chi connectivity index (χ4v) is 2.34. The number of carbonyl (C=O) groups excluding carboxylic acids is 1. The summed E-state index contributed by atoms with van der Waals surface area (Å²) in [6, 6.07) is 12.6. The smallest absolute Gasteiger partial charge is 0.248 e. The Bertz CT molecular complexity index is 925. The molecule has 120 valence electrons. The standard InChI is InChI=1S/C18H14ClN3O2/c1-24-17-8-6-12(19)10-16(17)22-18(23)9-7-13-11-20-14-4-2-3-5-15(14)21-13/h2-11H,1H3,(H,22,23)/b9-7+. The van der Waals surface area contributed by atoms with Crippen molar-refractivity contribution >= 4 is 40.3 Å². The molecule has 3 aromatic rings. The van der Waals surface area contributed by atoms with E-state index in [2.05, 4.69) is 15.3 Å². The Kier molecular flexibility index (Phi) is 4.72. The van der Waals surface area contributed by atoms with Gasteiger partial charge in [-0.3, -0.25) is 9.78 Å². The summed E-state index contributed by atoms with van der Waals surface area (Å²) in [7, 11) is 1.53. The lowest BCUT2D eigenvalue weighted by atomic mass is 10.2. The zero-order chi connectivity index (χ0) is 16.9. The van der Waals surface area contributed by atoms with Gasteiger partial charge in [-0.2, -0.15) is 0 Å². The van der Waals surface area contributed by atoms with Crippen molar-refractivity contribution in [1.29, 1.82) is 0 Å². The van der Waals surface area contributed by atoms with Gasteiger partial charge in [0.25, 0.3) is 0 Å². The highest BCUT2D eigenvalue weighted by Gasteiger charge is 2.06. The number of rotatable bonds is 4. The molecule has 0 saturated carbocycles. The molecule has 24 heavy (non-hydrogen) atoms. The van der Waals surface area contributed by atoms with Gasteiger partial charge in [-0.1, -0.05) is 23.7 Å². The zero-order valence-corrected chi connectivity index (χ0v) is 13.6. The third kappa shape index (κ3) is 3.70. The number of hydrogen-bond acceptors (Lipinski definition) is 4. The molecule has 0 atom stereocenters. The number of hydrogen-bond donors (Lipinski definition) is 1. The first-order valence-corrected chi connectivity index (χ1v) is 7.58. The van der Waals surface area contributed by atoms with Crippen LogP contribution in [0.5, 0.6) is 5.75 Å². The number of fused-ring (bicyclic) bond motifs is 1. The van der Waals surface area contributed by atoms with Gasteiger partial charge < -0.3 is 10.1 Å². The maximum absolute atomic E-state index is 12.1. The molecule has 0 aliphatic rings. The Balaban J connectivity index is 1.76. The Hall–Kier alpha value is -2.92. The summed E-state index contributed by atoms with van der Waals surface area (Å²) < 4.78 is 5.19. The lowest BCUT2D eigenvalue weighted by molar-refractivity contribution is -0.111. The van der Waals surface area contributed by atoms with Crippen LogP contribution in [-0.4, -0.2) is 23.0 Å². The first-order chi connectivity index (χ1) is 11.7. The lowest BCUT2D eigenvalue weighted by Gasteiger charge is -2.08. The molecule has 0 aliphatic carbocycles. The SMILES string of the molecule is COc1ccc(Cl)cc1NC(=O)/C=C/c1cnc2ccccc2n1. The van der Waals surface area contributed by atoms with Gasteiger partial charge in [0.2, 0.25) is 5.91 Å². The fourth-order valence-electron chi connectivity index (χ4n) is 2.17. The van der Waals surface area contributed by atoms with Crippen LogP contribution in [-0.2, 0) is 4.79 Å². The first-order valence-electron chi connectivity index (χ1n) is 7.20. The zero-order valence-electron chi connectivity index (χ0n) is 12.9. The first kappa shape index (κ1) is 16.0. The van der Waals surface area contributed by atoms with E-state index >= 15 is 0 Å². The Morgan fingerprint density at radius 2 is 2.00 bits per heavy atom.